The molecule has 17 heavy (non-hydrogen) atoms. The Labute approximate surface area is 105 Å². The van der Waals surface area contributed by atoms with Gasteiger partial charge in [-0.05, 0) is 32.4 Å². The summed E-state index contributed by atoms with van der Waals surface area (Å²) in [5.41, 5.74) is 2.45. The van der Waals surface area contributed by atoms with Crippen molar-refractivity contribution in [3.63, 3.8) is 0 Å². The summed E-state index contributed by atoms with van der Waals surface area (Å²) < 4.78 is 4.92. The summed E-state index contributed by atoms with van der Waals surface area (Å²) in [6, 6.07) is 0. The van der Waals surface area contributed by atoms with Crippen molar-refractivity contribution in [1.29, 1.82) is 0 Å². The van der Waals surface area contributed by atoms with Crippen LogP contribution in [0.2, 0.25) is 0 Å². The molecule has 0 aliphatic carbocycles. The van der Waals surface area contributed by atoms with Crippen LogP contribution < -0.4 is 0 Å². The topological polar surface area (TPSA) is 59.2 Å². The molecule has 1 aromatic heterocycles. The Morgan fingerprint density at radius 2 is 2.12 bits per heavy atom. The minimum absolute atomic E-state index is 0.227. The van der Waals surface area contributed by atoms with Crippen molar-refractivity contribution in [2.45, 2.75) is 20.8 Å². The molecule has 0 radical (unpaired) electrons. The van der Waals surface area contributed by atoms with Gasteiger partial charge in [0.2, 0.25) is 0 Å². The number of halogens is 1. The van der Waals surface area contributed by atoms with Crippen molar-refractivity contribution in [2.24, 2.45) is 0 Å². The Balaban J connectivity index is 3.31. The summed E-state index contributed by atoms with van der Waals surface area (Å²) in [7, 11) is 0. The van der Waals surface area contributed by atoms with Gasteiger partial charge in [-0.2, -0.15) is 0 Å². The molecule has 1 rings (SSSR count). The maximum absolute atomic E-state index is 11.7. The van der Waals surface area contributed by atoms with Crippen LogP contribution >= 0.6 is 11.6 Å². The number of aromatic nitrogens is 1. The molecule has 0 spiro atoms. The summed E-state index contributed by atoms with van der Waals surface area (Å²) in [6.45, 7) is 5.66. The summed E-state index contributed by atoms with van der Waals surface area (Å²) in [5.74, 6) is -0.476. The number of hydrogen-bond acceptors (Lipinski definition) is 3. The lowest BCUT2D eigenvalue weighted by Gasteiger charge is -2.03. The fraction of sp³-hybridized carbons (Fsp3) is 0.333. The van der Waals surface area contributed by atoms with Crippen LogP contribution in [-0.2, 0) is 9.53 Å². The van der Waals surface area contributed by atoms with E-state index in [1.165, 1.54) is 6.08 Å². The number of esters is 1. The van der Waals surface area contributed by atoms with Crippen molar-refractivity contribution in [3.05, 3.63) is 28.6 Å². The van der Waals surface area contributed by atoms with Gasteiger partial charge in [0.15, 0.2) is 0 Å². The van der Waals surface area contributed by atoms with Crippen molar-refractivity contribution in [3.8, 4) is 0 Å². The molecule has 92 valence electrons. The standard InChI is InChI=1S/C12H14ClNO3/c1-4-17-12(16)11-10(9(13)5-6-15)7(2)8(3)14-11/h5-6,14H,4H2,1-3H3/b9-5-. The van der Waals surface area contributed by atoms with Crippen LogP contribution in [-0.4, -0.2) is 23.8 Å². The van der Waals surface area contributed by atoms with E-state index in [0.29, 0.717) is 11.8 Å². The third-order valence-electron chi connectivity index (χ3n) is 2.43. The highest BCUT2D eigenvalue weighted by atomic mass is 35.5. The lowest BCUT2D eigenvalue weighted by atomic mass is 10.1. The maximum Gasteiger partial charge on any atom is 0.355 e. The predicted octanol–water partition coefficient (Wildman–Crippen LogP) is 2.59. The van der Waals surface area contributed by atoms with Crippen molar-refractivity contribution >= 4 is 28.9 Å². The second-order valence-corrected chi connectivity index (χ2v) is 3.90. The molecule has 1 heterocycles. The minimum atomic E-state index is -0.476. The lowest BCUT2D eigenvalue weighted by Crippen LogP contribution is -2.07. The van der Waals surface area contributed by atoms with Crippen LogP contribution in [0, 0.1) is 13.8 Å². The average molecular weight is 256 g/mol. The highest BCUT2D eigenvalue weighted by molar-refractivity contribution is 6.50. The molecule has 0 unspecified atom stereocenters. The summed E-state index contributed by atoms with van der Waals surface area (Å²) in [5, 5.41) is 0.227. The SMILES string of the molecule is CCOC(=O)c1[nH]c(C)c(C)c1/C(Cl)=C/C=O. The fourth-order valence-corrected chi connectivity index (χ4v) is 1.80. The van der Waals surface area contributed by atoms with Crippen LogP contribution in [0.25, 0.3) is 5.03 Å². The molecule has 1 N–H and O–H groups in total. The molecule has 0 bridgehead atoms. The van der Waals surface area contributed by atoms with Gasteiger partial charge < -0.3 is 9.72 Å². The van der Waals surface area contributed by atoms with Gasteiger partial charge in [-0.1, -0.05) is 11.6 Å². The quantitative estimate of drug-likeness (QED) is 0.511. The summed E-state index contributed by atoms with van der Waals surface area (Å²) in [4.78, 5) is 25.1. The molecule has 0 aliphatic heterocycles. The van der Waals surface area contributed by atoms with E-state index in [9.17, 15) is 9.59 Å². The first-order valence-corrected chi connectivity index (χ1v) is 5.58. The third kappa shape index (κ3) is 2.77. The smallest absolute Gasteiger partial charge is 0.355 e. The van der Waals surface area contributed by atoms with E-state index in [0.717, 1.165) is 11.3 Å². The minimum Gasteiger partial charge on any atom is -0.461 e. The van der Waals surface area contributed by atoms with E-state index in [1.807, 2.05) is 13.8 Å². The van der Waals surface area contributed by atoms with E-state index in [4.69, 9.17) is 16.3 Å². The van der Waals surface area contributed by atoms with Gasteiger partial charge >= 0.3 is 5.97 Å². The number of aldehydes is 1. The Hall–Kier alpha value is -1.55. The first-order chi connectivity index (χ1) is 8.02. The van der Waals surface area contributed by atoms with Gasteiger partial charge in [0.1, 0.15) is 12.0 Å². The zero-order valence-electron chi connectivity index (χ0n) is 9.96. The van der Waals surface area contributed by atoms with Gasteiger partial charge in [0, 0.05) is 11.3 Å². The zero-order valence-corrected chi connectivity index (χ0v) is 10.7. The molecule has 0 amide bonds. The average Bonchev–Trinajstić information content (AvgIpc) is 2.56. The highest BCUT2D eigenvalue weighted by Crippen LogP contribution is 2.28. The Morgan fingerprint density at radius 1 is 1.47 bits per heavy atom. The third-order valence-corrected chi connectivity index (χ3v) is 2.75. The molecular formula is C12H14ClNO3. The number of nitrogens with one attached hydrogen (secondary N) is 1. The Bertz CT molecular complexity index is 474. The Morgan fingerprint density at radius 3 is 2.65 bits per heavy atom. The zero-order chi connectivity index (χ0) is 13.0. The van der Waals surface area contributed by atoms with Crippen molar-refractivity contribution in [1.82, 2.24) is 4.98 Å². The molecule has 0 fully saturated rings. The van der Waals surface area contributed by atoms with Crippen LogP contribution in [0.3, 0.4) is 0 Å². The van der Waals surface area contributed by atoms with Gasteiger partial charge in [-0.3, -0.25) is 4.79 Å². The molecular weight excluding hydrogens is 242 g/mol. The van der Waals surface area contributed by atoms with E-state index in [1.54, 1.807) is 6.92 Å². The molecule has 5 heteroatoms. The maximum atomic E-state index is 11.7. The molecule has 0 atom stereocenters. The van der Waals surface area contributed by atoms with E-state index in [-0.39, 0.29) is 17.3 Å². The number of hydrogen-bond donors (Lipinski definition) is 1. The number of ether oxygens (including phenoxy) is 1. The molecule has 0 saturated heterocycles. The monoisotopic (exact) mass is 255 g/mol. The van der Waals surface area contributed by atoms with Crippen LogP contribution in [0.1, 0.15) is 34.2 Å². The number of rotatable bonds is 4. The van der Waals surface area contributed by atoms with Crippen LogP contribution in [0.4, 0.5) is 0 Å². The van der Waals surface area contributed by atoms with Crippen molar-refractivity contribution in [2.75, 3.05) is 6.61 Å². The molecule has 4 nitrogen and oxygen atoms in total. The number of allylic oxidation sites excluding steroid dienone is 1. The second-order valence-electron chi connectivity index (χ2n) is 3.50. The lowest BCUT2D eigenvalue weighted by molar-refractivity contribution is -0.104. The van der Waals surface area contributed by atoms with Crippen LogP contribution in [0.5, 0.6) is 0 Å². The molecule has 1 aromatic rings. The largest absolute Gasteiger partial charge is 0.461 e. The number of aryl methyl sites for hydroxylation is 1. The van der Waals surface area contributed by atoms with Gasteiger partial charge in [-0.25, -0.2) is 4.79 Å². The predicted molar refractivity (Wildman–Crippen MR) is 66.1 cm³/mol. The van der Waals surface area contributed by atoms with E-state index < -0.39 is 5.97 Å². The first kappa shape index (κ1) is 13.5. The molecule has 0 aromatic carbocycles. The normalized spacial score (nSPS) is 11.4. The number of carbonyl (C=O) groups is 2. The Kier molecular flexibility index (Phi) is 4.52. The fourth-order valence-electron chi connectivity index (χ4n) is 1.52. The molecule has 0 aliphatic rings. The summed E-state index contributed by atoms with van der Waals surface area (Å²) >= 11 is 5.98. The van der Waals surface area contributed by atoms with Gasteiger partial charge in [0.25, 0.3) is 0 Å². The van der Waals surface area contributed by atoms with E-state index in [2.05, 4.69) is 4.98 Å². The first-order valence-electron chi connectivity index (χ1n) is 5.20. The van der Waals surface area contributed by atoms with Crippen molar-refractivity contribution < 1.29 is 14.3 Å². The van der Waals surface area contributed by atoms with Gasteiger partial charge in [-0.15, -0.1) is 0 Å². The number of aromatic amines is 1. The highest BCUT2D eigenvalue weighted by Gasteiger charge is 2.20. The van der Waals surface area contributed by atoms with Gasteiger partial charge in [0.05, 0.1) is 11.6 Å². The van der Waals surface area contributed by atoms with E-state index >= 15 is 0 Å². The number of carbonyl (C=O) groups excluding carboxylic acids is 2. The second kappa shape index (κ2) is 5.68. The van der Waals surface area contributed by atoms with Crippen LogP contribution in [0.15, 0.2) is 6.08 Å². The summed E-state index contributed by atoms with van der Waals surface area (Å²) in [6.07, 6.45) is 1.79. The number of H-pyrrole nitrogens is 1. The molecule has 0 saturated carbocycles.